The smallest absolute Gasteiger partial charge is 0.138 e. The van der Waals surface area contributed by atoms with E-state index < -0.39 is 0 Å². The van der Waals surface area contributed by atoms with E-state index in [1.54, 1.807) is 0 Å². The summed E-state index contributed by atoms with van der Waals surface area (Å²) in [4.78, 5) is 21.4. The fourth-order valence-electron chi connectivity index (χ4n) is 4.57. The molecule has 1 aliphatic heterocycles. The molecule has 5 aromatic rings. The van der Waals surface area contributed by atoms with Crippen molar-refractivity contribution in [3.05, 3.63) is 60.7 Å². The topological polar surface area (TPSA) is 73.1 Å². The van der Waals surface area contributed by atoms with Crippen molar-refractivity contribution in [1.82, 2.24) is 24.8 Å². The van der Waals surface area contributed by atoms with Crippen molar-refractivity contribution in [2.24, 2.45) is 0 Å². The molecule has 0 bridgehead atoms. The second-order valence-corrected chi connectivity index (χ2v) is 8.85. The Morgan fingerprint density at radius 3 is 2.06 bits per heavy atom. The van der Waals surface area contributed by atoms with Crippen molar-refractivity contribution in [2.75, 3.05) is 44.7 Å². The van der Waals surface area contributed by atoms with Gasteiger partial charge in [0.25, 0.3) is 0 Å². The molecule has 0 unspecified atom stereocenters. The van der Waals surface area contributed by atoms with Gasteiger partial charge < -0.3 is 24.5 Å². The molecule has 35 heavy (non-hydrogen) atoms. The summed E-state index contributed by atoms with van der Waals surface area (Å²) in [6, 6.07) is 20.7. The van der Waals surface area contributed by atoms with Crippen molar-refractivity contribution in [3.63, 3.8) is 0 Å². The quantitative estimate of drug-likeness (QED) is 0.353. The first-order valence-corrected chi connectivity index (χ1v) is 11.8. The number of fused-ring (bicyclic) bond motifs is 2. The van der Waals surface area contributed by atoms with E-state index in [4.69, 9.17) is 14.7 Å². The molecule has 0 saturated carbocycles. The Labute approximate surface area is 205 Å². The van der Waals surface area contributed by atoms with Crippen LogP contribution in [0.3, 0.4) is 0 Å². The number of ether oxygens (including phenoxy) is 1. The number of imidazole rings is 2. The van der Waals surface area contributed by atoms with Crippen LogP contribution >= 0.6 is 0 Å². The minimum absolute atomic E-state index is 0. The predicted octanol–water partition coefficient (Wildman–Crippen LogP) is 5.56. The molecule has 0 aliphatic carbocycles. The highest BCUT2D eigenvalue weighted by Gasteiger charge is 2.16. The van der Waals surface area contributed by atoms with E-state index in [9.17, 15) is 0 Å². The second kappa shape index (κ2) is 9.43. The van der Waals surface area contributed by atoms with Gasteiger partial charge in [0.15, 0.2) is 0 Å². The number of rotatable bonds is 5. The molecular weight excluding hydrogens is 436 g/mol. The number of anilines is 1. The number of benzene rings is 3. The Morgan fingerprint density at radius 2 is 1.37 bits per heavy atom. The van der Waals surface area contributed by atoms with Gasteiger partial charge in [-0.1, -0.05) is 7.43 Å². The van der Waals surface area contributed by atoms with Crippen LogP contribution in [0.5, 0.6) is 5.75 Å². The Hall–Kier alpha value is -3.84. The fourth-order valence-corrected chi connectivity index (χ4v) is 4.57. The van der Waals surface area contributed by atoms with Crippen LogP contribution in [0.2, 0.25) is 0 Å². The van der Waals surface area contributed by atoms with Crippen molar-refractivity contribution in [1.29, 1.82) is 0 Å². The van der Waals surface area contributed by atoms with E-state index in [0.717, 1.165) is 76.8 Å². The van der Waals surface area contributed by atoms with Gasteiger partial charge in [0.05, 0.1) is 28.7 Å². The van der Waals surface area contributed by atoms with E-state index in [1.807, 2.05) is 37.3 Å². The number of aromatic amines is 2. The molecule has 2 aromatic heterocycles. The molecule has 0 spiro atoms. The Kier molecular flexibility index (Phi) is 6.17. The molecule has 0 radical (unpaired) electrons. The maximum absolute atomic E-state index is 5.55. The predicted molar refractivity (Wildman–Crippen MR) is 144 cm³/mol. The number of H-pyrrole nitrogens is 2. The first-order valence-electron chi connectivity index (χ1n) is 11.8. The third kappa shape index (κ3) is 4.47. The van der Waals surface area contributed by atoms with Crippen LogP contribution in [-0.2, 0) is 0 Å². The zero-order valence-electron chi connectivity index (χ0n) is 19.5. The summed E-state index contributed by atoms with van der Waals surface area (Å²) in [5.74, 6) is 2.58. The van der Waals surface area contributed by atoms with Gasteiger partial charge >= 0.3 is 0 Å². The SMILES string of the molecule is C.CCOc1ccc(-c2nc3ccc(-c4nc5ccc(N6CCN(C)CC6)cc5[nH]4)cc3[nH]2)cc1. The standard InChI is InChI=1S/C27H28N6O.CH4/c1-3-34-21-8-4-18(5-9-21)26-28-22-10-6-19(16-24(22)30-26)27-29-23-11-7-20(17-25(23)31-27)33-14-12-32(2)13-15-33;/h4-11,16-17H,3,12-15H2,1-2H3,(H,28,30)(H,29,31);1H4. The van der Waals surface area contributed by atoms with E-state index in [0.29, 0.717) is 6.61 Å². The normalized spacial score (nSPS) is 14.4. The highest BCUT2D eigenvalue weighted by molar-refractivity contribution is 5.87. The van der Waals surface area contributed by atoms with Crippen molar-refractivity contribution in [3.8, 4) is 28.5 Å². The van der Waals surface area contributed by atoms with Gasteiger partial charge in [0, 0.05) is 43.0 Å². The monoisotopic (exact) mass is 468 g/mol. The molecule has 180 valence electrons. The molecule has 0 atom stereocenters. The highest BCUT2D eigenvalue weighted by atomic mass is 16.5. The van der Waals surface area contributed by atoms with Gasteiger partial charge in [-0.05, 0) is 74.6 Å². The van der Waals surface area contributed by atoms with Gasteiger partial charge in [-0.15, -0.1) is 0 Å². The number of nitrogens with one attached hydrogen (secondary N) is 2. The van der Waals surface area contributed by atoms with Gasteiger partial charge in [0.1, 0.15) is 17.4 Å². The van der Waals surface area contributed by atoms with E-state index >= 15 is 0 Å². The summed E-state index contributed by atoms with van der Waals surface area (Å²) < 4.78 is 5.55. The minimum atomic E-state index is 0. The first-order chi connectivity index (χ1) is 16.7. The molecule has 6 rings (SSSR count). The van der Waals surface area contributed by atoms with Crippen LogP contribution in [0.25, 0.3) is 44.8 Å². The zero-order chi connectivity index (χ0) is 23.1. The largest absolute Gasteiger partial charge is 0.494 e. The van der Waals surface area contributed by atoms with E-state index in [2.05, 4.69) is 57.1 Å². The number of hydrogen-bond donors (Lipinski definition) is 2. The summed E-state index contributed by atoms with van der Waals surface area (Å²) in [6.07, 6.45) is 0. The van der Waals surface area contributed by atoms with Gasteiger partial charge in [-0.25, -0.2) is 9.97 Å². The zero-order valence-corrected chi connectivity index (χ0v) is 19.5. The molecule has 1 aliphatic rings. The number of hydrogen-bond acceptors (Lipinski definition) is 5. The van der Waals surface area contributed by atoms with Crippen molar-refractivity contribution < 1.29 is 4.74 Å². The summed E-state index contributed by atoms with van der Waals surface area (Å²) in [5, 5.41) is 0. The number of likely N-dealkylation sites (N-methyl/N-ethyl adjacent to an activating group) is 1. The molecule has 7 nitrogen and oxygen atoms in total. The first kappa shape index (κ1) is 22.9. The lowest BCUT2D eigenvalue weighted by Gasteiger charge is -2.34. The van der Waals surface area contributed by atoms with Crippen LogP contribution in [0.4, 0.5) is 5.69 Å². The molecular formula is C28H32N6O. The van der Waals surface area contributed by atoms with E-state index in [-0.39, 0.29) is 7.43 Å². The molecule has 0 amide bonds. The maximum Gasteiger partial charge on any atom is 0.138 e. The average Bonchev–Trinajstić information content (AvgIpc) is 3.48. The number of aromatic nitrogens is 4. The van der Waals surface area contributed by atoms with Gasteiger partial charge in [0.2, 0.25) is 0 Å². The van der Waals surface area contributed by atoms with Crippen LogP contribution in [-0.4, -0.2) is 64.7 Å². The molecule has 3 aromatic carbocycles. The Morgan fingerprint density at radius 1 is 0.771 bits per heavy atom. The summed E-state index contributed by atoms with van der Waals surface area (Å²) in [5.41, 5.74) is 7.27. The summed E-state index contributed by atoms with van der Waals surface area (Å²) >= 11 is 0. The average molecular weight is 469 g/mol. The molecule has 7 heteroatoms. The molecule has 1 saturated heterocycles. The van der Waals surface area contributed by atoms with E-state index in [1.165, 1.54) is 5.69 Å². The van der Waals surface area contributed by atoms with Gasteiger partial charge in [-0.3, -0.25) is 0 Å². The summed E-state index contributed by atoms with van der Waals surface area (Å²) in [7, 11) is 2.18. The molecule has 3 heterocycles. The second-order valence-electron chi connectivity index (χ2n) is 8.85. The van der Waals surface area contributed by atoms with Crippen LogP contribution < -0.4 is 9.64 Å². The Bertz CT molecular complexity index is 1440. The Balaban J connectivity index is 0.00000253. The molecule has 2 N–H and O–H groups in total. The highest BCUT2D eigenvalue weighted by Crippen LogP contribution is 2.28. The number of nitrogens with zero attached hydrogens (tertiary/aromatic N) is 4. The summed E-state index contributed by atoms with van der Waals surface area (Å²) in [6.45, 7) is 6.93. The number of piperazine rings is 1. The van der Waals surface area contributed by atoms with Crippen LogP contribution in [0, 0.1) is 0 Å². The van der Waals surface area contributed by atoms with Gasteiger partial charge in [-0.2, -0.15) is 0 Å². The molecule has 1 fully saturated rings. The van der Waals surface area contributed by atoms with Crippen molar-refractivity contribution in [2.45, 2.75) is 14.4 Å². The third-order valence-corrected chi connectivity index (χ3v) is 6.53. The van der Waals surface area contributed by atoms with Crippen LogP contribution in [0.15, 0.2) is 60.7 Å². The lowest BCUT2D eigenvalue weighted by Crippen LogP contribution is -2.44. The van der Waals surface area contributed by atoms with Crippen LogP contribution in [0.1, 0.15) is 14.4 Å². The fraction of sp³-hybridized carbons (Fsp3) is 0.286. The lowest BCUT2D eigenvalue weighted by molar-refractivity contribution is 0.313. The van der Waals surface area contributed by atoms with Crippen molar-refractivity contribution >= 4 is 27.8 Å². The maximum atomic E-state index is 5.55. The lowest BCUT2D eigenvalue weighted by atomic mass is 10.2. The third-order valence-electron chi connectivity index (χ3n) is 6.53. The minimum Gasteiger partial charge on any atom is -0.494 e.